The molecule has 0 spiro atoms. The van der Waals surface area contributed by atoms with Crippen LogP contribution in [0.3, 0.4) is 0 Å². The third-order valence-corrected chi connectivity index (χ3v) is 5.39. The third-order valence-electron chi connectivity index (χ3n) is 4.40. The number of anilines is 1. The predicted molar refractivity (Wildman–Crippen MR) is 119 cm³/mol. The van der Waals surface area contributed by atoms with Gasteiger partial charge in [0.15, 0.2) is 5.16 Å². The largest absolute Gasteiger partial charge is 0.497 e. The molecule has 3 N–H and O–H groups in total. The zero-order valence-corrected chi connectivity index (χ0v) is 17.9. The first-order chi connectivity index (χ1) is 15.1. The maximum absolute atomic E-state index is 12.4. The Kier molecular flexibility index (Phi) is 8.08. The molecule has 0 radical (unpaired) electrons. The first-order valence-corrected chi connectivity index (χ1v) is 10.6. The zero-order chi connectivity index (χ0) is 22.1. The Labute approximate surface area is 184 Å². The van der Waals surface area contributed by atoms with Gasteiger partial charge in [-0.2, -0.15) is 0 Å². The van der Waals surface area contributed by atoms with Crippen molar-refractivity contribution in [3.05, 3.63) is 72.1 Å². The van der Waals surface area contributed by atoms with Crippen LogP contribution in [0, 0.1) is 0 Å². The number of aliphatic hydroxyl groups excluding tert-OH is 1. The van der Waals surface area contributed by atoms with Gasteiger partial charge in [-0.05, 0) is 29.8 Å². The van der Waals surface area contributed by atoms with Gasteiger partial charge in [-0.15, -0.1) is 0 Å². The van der Waals surface area contributed by atoms with Gasteiger partial charge in [0, 0.05) is 12.2 Å². The summed E-state index contributed by atoms with van der Waals surface area (Å²) >= 11 is 1.20. The van der Waals surface area contributed by atoms with Crippen LogP contribution in [0.25, 0.3) is 0 Å². The number of rotatable bonds is 10. The average Bonchev–Trinajstić information content (AvgIpc) is 3.19. The van der Waals surface area contributed by atoms with Gasteiger partial charge in [0.1, 0.15) is 12.3 Å². The van der Waals surface area contributed by atoms with E-state index in [1.54, 1.807) is 35.9 Å². The lowest BCUT2D eigenvalue weighted by atomic mass is 10.2. The molecular weight excluding hydrogens is 416 g/mol. The second kappa shape index (κ2) is 11.2. The molecule has 9 heteroatoms. The van der Waals surface area contributed by atoms with Crippen molar-refractivity contribution in [3.8, 4) is 5.75 Å². The highest BCUT2D eigenvalue weighted by atomic mass is 32.2. The molecule has 3 rings (SSSR count). The number of nitrogens with zero attached hydrogens (tertiary/aromatic N) is 2. The number of hydrogen-bond acceptors (Lipinski definition) is 6. The number of nitrogens with one attached hydrogen (secondary N) is 2. The van der Waals surface area contributed by atoms with Crippen LogP contribution in [0.2, 0.25) is 0 Å². The highest BCUT2D eigenvalue weighted by molar-refractivity contribution is 7.99. The normalized spacial score (nSPS) is 10.5. The second-order valence-electron chi connectivity index (χ2n) is 6.60. The van der Waals surface area contributed by atoms with Crippen LogP contribution in [0.1, 0.15) is 11.3 Å². The summed E-state index contributed by atoms with van der Waals surface area (Å²) in [6.45, 7) is 0.165. The number of imidazole rings is 1. The number of carbonyl (C=O) groups is 2. The molecule has 0 aliphatic carbocycles. The van der Waals surface area contributed by atoms with E-state index >= 15 is 0 Å². The lowest BCUT2D eigenvalue weighted by Gasteiger charge is -2.11. The summed E-state index contributed by atoms with van der Waals surface area (Å²) in [5, 5.41) is 15.7. The Bertz CT molecular complexity index is 1010. The van der Waals surface area contributed by atoms with Gasteiger partial charge in [0.2, 0.25) is 11.8 Å². The van der Waals surface area contributed by atoms with E-state index in [1.165, 1.54) is 18.0 Å². The van der Waals surface area contributed by atoms with Crippen LogP contribution in [0.5, 0.6) is 5.75 Å². The fourth-order valence-corrected chi connectivity index (χ4v) is 3.60. The van der Waals surface area contributed by atoms with Gasteiger partial charge < -0.3 is 25.0 Å². The van der Waals surface area contributed by atoms with Crippen molar-refractivity contribution in [1.29, 1.82) is 0 Å². The van der Waals surface area contributed by atoms with Crippen molar-refractivity contribution >= 4 is 29.3 Å². The molecule has 0 fully saturated rings. The Balaban J connectivity index is 1.55. The van der Waals surface area contributed by atoms with Crippen molar-refractivity contribution in [1.82, 2.24) is 14.9 Å². The topological polar surface area (TPSA) is 105 Å². The highest BCUT2D eigenvalue weighted by Gasteiger charge is 2.15. The number of thioether (sulfide) groups is 1. The first kappa shape index (κ1) is 22.4. The number of amides is 2. The molecule has 1 aromatic heterocycles. The maximum atomic E-state index is 12.4. The van der Waals surface area contributed by atoms with E-state index < -0.39 is 0 Å². The predicted octanol–water partition coefficient (Wildman–Crippen LogP) is 2.43. The molecule has 0 saturated carbocycles. The Morgan fingerprint density at radius 2 is 1.84 bits per heavy atom. The van der Waals surface area contributed by atoms with Gasteiger partial charge in [0.25, 0.3) is 0 Å². The fourth-order valence-electron chi connectivity index (χ4n) is 2.80. The molecule has 8 nitrogen and oxygen atoms in total. The first-order valence-electron chi connectivity index (χ1n) is 9.61. The fraction of sp³-hybridized carbons (Fsp3) is 0.227. The monoisotopic (exact) mass is 440 g/mol. The standard InChI is InChI=1S/C22H24N4O4S/c1-30-19-9-7-17(8-10-19)25-21(29)15-31-22-24-12-18(14-27)26(22)13-20(28)23-11-16-5-3-2-4-6-16/h2-10,12,27H,11,13-15H2,1H3,(H,23,28)(H,25,29). The average molecular weight is 441 g/mol. The number of aromatic nitrogens is 2. The summed E-state index contributed by atoms with van der Waals surface area (Å²) in [6.07, 6.45) is 1.51. The van der Waals surface area contributed by atoms with Crippen LogP contribution in [-0.2, 0) is 29.3 Å². The summed E-state index contributed by atoms with van der Waals surface area (Å²) in [5.74, 6) is 0.404. The SMILES string of the molecule is COc1ccc(NC(=O)CSc2ncc(CO)n2CC(=O)NCc2ccccc2)cc1. The minimum Gasteiger partial charge on any atom is -0.497 e. The molecule has 3 aromatic rings. The molecule has 0 bridgehead atoms. The number of methoxy groups -OCH3 is 1. The molecular formula is C22H24N4O4S. The number of ether oxygens (including phenoxy) is 1. The lowest BCUT2D eigenvalue weighted by molar-refractivity contribution is -0.122. The van der Waals surface area contributed by atoms with Gasteiger partial charge in [-0.1, -0.05) is 42.1 Å². The van der Waals surface area contributed by atoms with E-state index in [4.69, 9.17) is 4.74 Å². The molecule has 162 valence electrons. The van der Waals surface area contributed by atoms with Crippen LogP contribution in [0.4, 0.5) is 5.69 Å². The maximum Gasteiger partial charge on any atom is 0.240 e. The summed E-state index contributed by atoms with van der Waals surface area (Å²) in [7, 11) is 1.58. The van der Waals surface area contributed by atoms with Crippen molar-refractivity contribution in [2.45, 2.75) is 24.9 Å². The summed E-state index contributed by atoms with van der Waals surface area (Å²) in [4.78, 5) is 28.9. The molecule has 2 amide bonds. The molecule has 0 atom stereocenters. The molecule has 0 aliphatic rings. The molecule has 2 aromatic carbocycles. The number of carbonyl (C=O) groups excluding carboxylic acids is 2. The summed E-state index contributed by atoms with van der Waals surface area (Å²) in [6, 6.07) is 16.6. The quantitative estimate of drug-likeness (QED) is 0.418. The van der Waals surface area contributed by atoms with Gasteiger partial charge in [-0.25, -0.2) is 4.98 Å². The molecule has 31 heavy (non-hydrogen) atoms. The molecule has 0 unspecified atom stereocenters. The number of hydrogen-bond donors (Lipinski definition) is 3. The van der Waals surface area contributed by atoms with Crippen LogP contribution in [0.15, 0.2) is 66.0 Å². The van der Waals surface area contributed by atoms with Crippen LogP contribution < -0.4 is 15.4 Å². The van der Waals surface area contributed by atoms with Crippen LogP contribution >= 0.6 is 11.8 Å². The van der Waals surface area contributed by atoms with Crippen molar-refractivity contribution < 1.29 is 19.4 Å². The number of benzene rings is 2. The molecule has 0 aliphatic heterocycles. The minimum atomic E-state index is -0.252. The third kappa shape index (κ3) is 6.59. The van der Waals surface area contributed by atoms with Gasteiger partial charge >= 0.3 is 0 Å². The van der Waals surface area contributed by atoms with Crippen molar-refractivity contribution in [3.63, 3.8) is 0 Å². The van der Waals surface area contributed by atoms with E-state index in [-0.39, 0.29) is 30.7 Å². The summed E-state index contributed by atoms with van der Waals surface area (Å²) < 4.78 is 6.72. The molecule has 1 heterocycles. The zero-order valence-electron chi connectivity index (χ0n) is 17.1. The summed E-state index contributed by atoms with van der Waals surface area (Å²) in [5.41, 5.74) is 2.16. The van der Waals surface area contributed by atoms with E-state index in [0.717, 1.165) is 5.56 Å². The van der Waals surface area contributed by atoms with E-state index in [0.29, 0.717) is 28.8 Å². The Morgan fingerprint density at radius 3 is 2.52 bits per heavy atom. The minimum absolute atomic E-state index is 0.00512. The number of aliphatic hydroxyl groups is 1. The van der Waals surface area contributed by atoms with Crippen molar-refractivity contribution in [2.24, 2.45) is 0 Å². The van der Waals surface area contributed by atoms with Gasteiger partial charge in [-0.3, -0.25) is 9.59 Å². The second-order valence-corrected chi connectivity index (χ2v) is 7.55. The lowest BCUT2D eigenvalue weighted by Crippen LogP contribution is -2.28. The van der Waals surface area contributed by atoms with Crippen molar-refractivity contribution in [2.75, 3.05) is 18.2 Å². The highest BCUT2D eigenvalue weighted by Crippen LogP contribution is 2.20. The Hall–Kier alpha value is -3.30. The smallest absolute Gasteiger partial charge is 0.240 e. The Morgan fingerprint density at radius 1 is 1.10 bits per heavy atom. The van der Waals surface area contributed by atoms with E-state index in [1.807, 2.05) is 30.3 Å². The van der Waals surface area contributed by atoms with E-state index in [9.17, 15) is 14.7 Å². The molecule has 0 saturated heterocycles. The van der Waals surface area contributed by atoms with Gasteiger partial charge in [0.05, 0.1) is 31.4 Å². The van der Waals surface area contributed by atoms with E-state index in [2.05, 4.69) is 15.6 Å². The van der Waals surface area contributed by atoms with Crippen LogP contribution in [-0.4, -0.2) is 39.3 Å².